The molecule has 0 aromatic heterocycles. The highest BCUT2D eigenvalue weighted by Gasteiger charge is 2.48. The van der Waals surface area contributed by atoms with Crippen LogP contribution in [0.15, 0.2) is 0 Å². The van der Waals surface area contributed by atoms with Gasteiger partial charge in [0.1, 0.15) is 0 Å². The molecule has 7 heteroatoms. The number of hydrogen-bond donors (Lipinski definition) is 0. The van der Waals surface area contributed by atoms with Crippen LogP contribution in [0.2, 0.25) is 0 Å². The number of rotatable bonds is 3. The van der Waals surface area contributed by atoms with Gasteiger partial charge in [-0.15, -0.1) is 0 Å². The predicted molar refractivity (Wildman–Crippen MR) is 69.5 cm³/mol. The Morgan fingerprint density at radius 1 is 1.16 bits per heavy atom. The Labute approximate surface area is 113 Å². The first-order chi connectivity index (χ1) is 9.05. The van der Waals surface area contributed by atoms with Gasteiger partial charge in [0.2, 0.25) is 5.91 Å². The van der Waals surface area contributed by atoms with E-state index in [1.165, 1.54) is 0 Å². The van der Waals surface area contributed by atoms with Gasteiger partial charge in [0.15, 0.2) is 9.84 Å². The molecule has 0 aliphatic carbocycles. The second-order valence-electron chi connectivity index (χ2n) is 5.65. The van der Waals surface area contributed by atoms with Crippen molar-refractivity contribution in [2.45, 2.75) is 12.5 Å². The monoisotopic (exact) mass is 288 g/mol. The van der Waals surface area contributed by atoms with E-state index in [4.69, 9.17) is 4.74 Å². The number of carbonyl (C=O) groups is 1. The lowest BCUT2D eigenvalue weighted by atomic mass is 10.1. The summed E-state index contributed by atoms with van der Waals surface area (Å²) in [7, 11) is -2.93. The van der Waals surface area contributed by atoms with Gasteiger partial charge in [-0.2, -0.15) is 0 Å². The van der Waals surface area contributed by atoms with E-state index < -0.39 is 9.84 Å². The molecule has 6 nitrogen and oxygen atoms in total. The number of nitrogens with zero attached hydrogens (tertiary/aromatic N) is 2. The van der Waals surface area contributed by atoms with Gasteiger partial charge >= 0.3 is 0 Å². The molecule has 3 fully saturated rings. The highest BCUT2D eigenvalue weighted by molar-refractivity contribution is 7.91. The molecule has 3 saturated heterocycles. The number of carbonyl (C=O) groups excluding carboxylic acids is 1. The van der Waals surface area contributed by atoms with Crippen molar-refractivity contribution in [3.05, 3.63) is 0 Å². The van der Waals surface area contributed by atoms with E-state index in [9.17, 15) is 13.2 Å². The Bertz CT molecular complexity index is 458. The molecule has 108 valence electrons. The summed E-state index contributed by atoms with van der Waals surface area (Å²) in [4.78, 5) is 16.0. The van der Waals surface area contributed by atoms with Crippen LogP contribution in [0.3, 0.4) is 0 Å². The third-order valence-corrected chi connectivity index (χ3v) is 6.14. The predicted octanol–water partition coefficient (Wildman–Crippen LogP) is -1.04. The van der Waals surface area contributed by atoms with Crippen LogP contribution in [0.1, 0.15) is 6.42 Å². The largest absolute Gasteiger partial charge is 0.379 e. The maximum absolute atomic E-state index is 12.0. The summed E-state index contributed by atoms with van der Waals surface area (Å²) in [6.45, 7) is 4.75. The van der Waals surface area contributed by atoms with Crippen LogP contribution in [0.25, 0.3) is 0 Å². The topological polar surface area (TPSA) is 66.9 Å². The molecule has 3 aliphatic heterocycles. The van der Waals surface area contributed by atoms with Crippen molar-refractivity contribution in [2.75, 3.05) is 50.9 Å². The molecular formula is C12H20N2O4S. The zero-order valence-corrected chi connectivity index (χ0v) is 11.8. The fraction of sp³-hybridized carbons (Fsp3) is 0.917. The van der Waals surface area contributed by atoms with Crippen molar-refractivity contribution >= 4 is 15.7 Å². The van der Waals surface area contributed by atoms with Crippen molar-refractivity contribution < 1.29 is 17.9 Å². The molecule has 19 heavy (non-hydrogen) atoms. The van der Waals surface area contributed by atoms with E-state index in [0.29, 0.717) is 13.0 Å². The van der Waals surface area contributed by atoms with Gasteiger partial charge in [0.05, 0.1) is 24.7 Å². The Balaban J connectivity index is 1.59. The lowest BCUT2D eigenvalue weighted by Gasteiger charge is -2.30. The van der Waals surface area contributed by atoms with Gasteiger partial charge in [-0.05, 0) is 0 Å². The summed E-state index contributed by atoms with van der Waals surface area (Å²) >= 11 is 0. The molecule has 3 rings (SSSR count). The number of amides is 1. The molecule has 0 aromatic carbocycles. The second-order valence-corrected chi connectivity index (χ2v) is 7.80. The highest BCUT2D eigenvalue weighted by atomic mass is 32.2. The smallest absolute Gasteiger partial charge is 0.223 e. The first-order valence-electron chi connectivity index (χ1n) is 6.85. The van der Waals surface area contributed by atoms with Gasteiger partial charge < -0.3 is 9.64 Å². The minimum Gasteiger partial charge on any atom is -0.379 e. The quantitative estimate of drug-likeness (QED) is 0.664. The van der Waals surface area contributed by atoms with Crippen molar-refractivity contribution in [1.82, 2.24) is 9.80 Å². The summed E-state index contributed by atoms with van der Waals surface area (Å²) in [5.41, 5.74) is 0. The van der Waals surface area contributed by atoms with Crippen molar-refractivity contribution in [3.63, 3.8) is 0 Å². The summed E-state index contributed by atoms with van der Waals surface area (Å²) < 4.78 is 28.6. The molecule has 0 radical (unpaired) electrons. The molecule has 0 spiro atoms. The number of likely N-dealkylation sites (tertiary alicyclic amines) is 1. The SMILES string of the molecule is O=C1C[C@@H]2CS(=O)(=O)C[C@@H]2N1CCN1CCOCC1. The number of morpholine rings is 1. The average molecular weight is 288 g/mol. The first kappa shape index (κ1) is 13.3. The van der Waals surface area contributed by atoms with E-state index >= 15 is 0 Å². The fourth-order valence-corrected chi connectivity index (χ4v) is 5.43. The molecule has 0 unspecified atom stereocenters. The zero-order valence-electron chi connectivity index (χ0n) is 11.0. The van der Waals surface area contributed by atoms with Crippen molar-refractivity contribution in [2.24, 2.45) is 5.92 Å². The molecule has 2 atom stereocenters. The zero-order chi connectivity index (χ0) is 13.5. The molecule has 0 N–H and O–H groups in total. The lowest BCUT2D eigenvalue weighted by Crippen LogP contribution is -2.44. The molecular weight excluding hydrogens is 268 g/mol. The summed E-state index contributed by atoms with van der Waals surface area (Å²) in [6.07, 6.45) is 0.410. The standard InChI is InChI=1S/C12H20N2O4S/c15-12-7-10-8-19(16,17)9-11(10)14(12)2-1-13-3-5-18-6-4-13/h10-11H,1-9H2/t10-,11+/m1/s1. The summed E-state index contributed by atoms with van der Waals surface area (Å²) in [5.74, 6) is 0.504. The average Bonchev–Trinajstić information content (AvgIpc) is 2.79. The van der Waals surface area contributed by atoms with Crippen molar-refractivity contribution in [3.8, 4) is 0 Å². The third-order valence-electron chi connectivity index (χ3n) is 4.36. The van der Waals surface area contributed by atoms with Crippen LogP contribution in [0.4, 0.5) is 0 Å². The minimum absolute atomic E-state index is 0.0298. The maximum atomic E-state index is 12.0. The molecule has 3 aliphatic rings. The Hall–Kier alpha value is -0.660. The maximum Gasteiger partial charge on any atom is 0.223 e. The molecule has 0 saturated carbocycles. The first-order valence-corrected chi connectivity index (χ1v) is 8.67. The van der Waals surface area contributed by atoms with Crippen molar-refractivity contribution in [1.29, 1.82) is 0 Å². The van der Waals surface area contributed by atoms with Gasteiger partial charge in [0.25, 0.3) is 0 Å². The van der Waals surface area contributed by atoms with Gasteiger partial charge in [-0.25, -0.2) is 8.42 Å². The van der Waals surface area contributed by atoms with Crippen LogP contribution >= 0.6 is 0 Å². The molecule has 1 amide bonds. The minimum atomic E-state index is -2.93. The molecule has 0 bridgehead atoms. The highest BCUT2D eigenvalue weighted by Crippen LogP contribution is 2.33. The van der Waals surface area contributed by atoms with Gasteiger partial charge in [-0.3, -0.25) is 9.69 Å². The number of hydrogen-bond acceptors (Lipinski definition) is 5. The van der Waals surface area contributed by atoms with E-state index in [2.05, 4.69) is 4.90 Å². The van der Waals surface area contributed by atoms with Gasteiger partial charge in [-0.1, -0.05) is 0 Å². The molecule has 0 aromatic rings. The second kappa shape index (κ2) is 5.03. The van der Waals surface area contributed by atoms with E-state index in [1.54, 1.807) is 4.90 Å². The Morgan fingerprint density at radius 3 is 2.63 bits per heavy atom. The third kappa shape index (κ3) is 2.78. The number of ether oxygens (including phenoxy) is 1. The van der Waals surface area contributed by atoms with E-state index in [-0.39, 0.29) is 29.4 Å². The molecule has 3 heterocycles. The summed E-state index contributed by atoms with van der Waals surface area (Å²) in [5, 5.41) is 0. The van der Waals surface area contributed by atoms with Crippen LogP contribution in [-0.2, 0) is 19.4 Å². The normalized spacial score (nSPS) is 34.7. The van der Waals surface area contributed by atoms with E-state index in [1.807, 2.05) is 0 Å². The van der Waals surface area contributed by atoms with Crippen LogP contribution in [0.5, 0.6) is 0 Å². The Kier molecular flexibility index (Phi) is 3.53. The van der Waals surface area contributed by atoms with Gasteiger partial charge in [0, 0.05) is 44.6 Å². The van der Waals surface area contributed by atoms with Crippen LogP contribution in [-0.4, -0.2) is 81.1 Å². The van der Waals surface area contributed by atoms with Crippen LogP contribution in [0, 0.1) is 5.92 Å². The number of sulfone groups is 1. The lowest BCUT2D eigenvalue weighted by molar-refractivity contribution is -0.129. The Morgan fingerprint density at radius 2 is 1.89 bits per heavy atom. The fourth-order valence-electron chi connectivity index (χ4n) is 3.33. The number of fused-ring (bicyclic) bond motifs is 1. The summed E-state index contributed by atoms with van der Waals surface area (Å²) in [6, 6.07) is -0.0708. The van der Waals surface area contributed by atoms with E-state index in [0.717, 1.165) is 32.8 Å². The van der Waals surface area contributed by atoms with Crippen LogP contribution < -0.4 is 0 Å².